The molecule has 0 heterocycles. The Bertz CT molecular complexity index is 271. The third-order valence-corrected chi connectivity index (χ3v) is 2.02. The van der Waals surface area contributed by atoms with Gasteiger partial charge in [-0.05, 0) is 13.8 Å². The summed E-state index contributed by atoms with van der Waals surface area (Å²) in [6, 6.07) is 1.45. The Balaban J connectivity index is 4.28. The minimum Gasteiger partial charge on any atom is -0.209 e. The summed E-state index contributed by atoms with van der Waals surface area (Å²) in [7, 11) is -3.40. The number of nitriles is 1. The van der Waals surface area contributed by atoms with Crippen LogP contribution in [0.25, 0.3) is 0 Å². The molecule has 62 valence electrons. The maximum atomic E-state index is 10.9. The second-order valence-electron chi connectivity index (χ2n) is 2.25. The molecule has 0 saturated heterocycles. The van der Waals surface area contributed by atoms with Crippen molar-refractivity contribution in [3.05, 3.63) is 11.5 Å². The molecule has 0 aromatic heterocycles. The average molecular weight is 174 g/mol. The van der Waals surface area contributed by atoms with Crippen LogP contribution in [0.4, 0.5) is 0 Å². The first kappa shape index (κ1) is 10.1. The second-order valence-corrected chi connectivity index (χ2v) is 3.85. The molecule has 11 heavy (non-hydrogen) atoms. The number of nitrogens with one attached hydrogen (secondary N) is 1. The van der Waals surface area contributed by atoms with E-state index in [1.54, 1.807) is 19.9 Å². The van der Waals surface area contributed by atoms with Gasteiger partial charge in [0.2, 0.25) is 10.0 Å². The molecule has 0 aromatic rings. The Morgan fingerprint density at radius 1 is 1.55 bits per heavy atom. The molecular weight excluding hydrogens is 164 g/mol. The minimum absolute atomic E-state index is 0.150. The fourth-order valence-corrected chi connectivity index (χ4v) is 1.46. The predicted molar refractivity (Wildman–Crippen MR) is 41.9 cm³/mol. The van der Waals surface area contributed by atoms with Crippen molar-refractivity contribution >= 4 is 10.0 Å². The van der Waals surface area contributed by atoms with Crippen molar-refractivity contribution in [2.24, 2.45) is 0 Å². The van der Waals surface area contributed by atoms with Crippen molar-refractivity contribution in [3.63, 3.8) is 0 Å². The molecule has 4 nitrogen and oxygen atoms in total. The molecule has 0 aliphatic rings. The molecule has 0 aromatic carbocycles. The molecule has 0 aliphatic carbocycles. The van der Waals surface area contributed by atoms with Crippen LogP contribution in [0.2, 0.25) is 0 Å². The highest BCUT2D eigenvalue weighted by molar-refractivity contribution is 7.92. The molecule has 0 bridgehead atoms. The standard InChI is InChI=1S/C6H10N2O2S/c1-6(2)8-11(9,10)5-3-4-7/h3,5-6,8H,1-2H3/b5-3+. The molecule has 0 unspecified atom stereocenters. The summed E-state index contributed by atoms with van der Waals surface area (Å²) in [5.74, 6) is 0. The van der Waals surface area contributed by atoms with Gasteiger partial charge >= 0.3 is 0 Å². The largest absolute Gasteiger partial charge is 0.234 e. The lowest BCUT2D eigenvalue weighted by atomic mass is 10.4. The van der Waals surface area contributed by atoms with Crippen molar-refractivity contribution in [1.82, 2.24) is 4.72 Å². The summed E-state index contributed by atoms with van der Waals surface area (Å²) in [6.45, 7) is 3.41. The molecule has 0 amide bonds. The van der Waals surface area contributed by atoms with Crippen LogP contribution in [-0.2, 0) is 10.0 Å². The van der Waals surface area contributed by atoms with E-state index in [1.807, 2.05) is 0 Å². The van der Waals surface area contributed by atoms with Gasteiger partial charge < -0.3 is 0 Å². The number of rotatable bonds is 3. The fraction of sp³-hybridized carbons (Fsp3) is 0.500. The zero-order valence-electron chi connectivity index (χ0n) is 6.40. The minimum atomic E-state index is -3.40. The number of hydrogen-bond donors (Lipinski definition) is 1. The Labute approximate surface area is 66.6 Å². The third kappa shape index (κ3) is 5.58. The first-order valence-electron chi connectivity index (χ1n) is 3.06. The lowest BCUT2D eigenvalue weighted by Gasteiger charge is -2.03. The number of nitrogens with zero attached hydrogens (tertiary/aromatic N) is 1. The van der Waals surface area contributed by atoms with Gasteiger partial charge in [-0.2, -0.15) is 5.26 Å². The molecule has 1 N–H and O–H groups in total. The van der Waals surface area contributed by atoms with Gasteiger partial charge in [0.25, 0.3) is 0 Å². The summed E-state index contributed by atoms with van der Waals surface area (Å²) < 4.78 is 24.0. The highest BCUT2D eigenvalue weighted by Crippen LogP contribution is 1.89. The van der Waals surface area contributed by atoms with Crippen molar-refractivity contribution in [3.8, 4) is 6.07 Å². The van der Waals surface area contributed by atoms with Gasteiger partial charge in [0.15, 0.2) is 0 Å². The molecular formula is C6H10N2O2S. The topological polar surface area (TPSA) is 70.0 Å². The fourth-order valence-electron chi connectivity index (χ4n) is 0.488. The Morgan fingerprint density at radius 3 is 2.45 bits per heavy atom. The number of sulfonamides is 1. The van der Waals surface area contributed by atoms with Crippen LogP contribution in [-0.4, -0.2) is 14.5 Å². The summed E-state index contributed by atoms with van der Waals surface area (Å²) in [5, 5.41) is 8.87. The van der Waals surface area contributed by atoms with Gasteiger partial charge in [0.1, 0.15) is 0 Å². The van der Waals surface area contributed by atoms with Gasteiger partial charge in [0.05, 0.1) is 11.5 Å². The van der Waals surface area contributed by atoms with Crippen molar-refractivity contribution in [1.29, 1.82) is 5.26 Å². The quantitative estimate of drug-likeness (QED) is 0.628. The van der Waals surface area contributed by atoms with Crippen LogP contribution in [0.15, 0.2) is 11.5 Å². The third-order valence-electron chi connectivity index (χ3n) is 0.722. The van der Waals surface area contributed by atoms with Crippen LogP contribution in [0.3, 0.4) is 0 Å². The van der Waals surface area contributed by atoms with E-state index in [-0.39, 0.29) is 6.04 Å². The van der Waals surface area contributed by atoms with E-state index in [1.165, 1.54) is 0 Å². The Kier molecular flexibility index (Phi) is 3.79. The molecule has 5 heteroatoms. The normalized spacial score (nSPS) is 12.2. The smallest absolute Gasteiger partial charge is 0.209 e. The molecule has 0 atom stereocenters. The molecule has 0 radical (unpaired) electrons. The number of allylic oxidation sites excluding steroid dienone is 1. The van der Waals surface area contributed by atoms with Gasteiger partial charge in [-0.3, -0.25) is 0 Å². The average Bonchev–Trinajstić information content (AvgIpc) is 1.81. The summed E-state index contributed by atoms with van der Waals surface area (Å²) in [5.41, 5.74) is 0. The van der Waals surface area contributed by atoms with Gasteiger partial charge in [-0.1, -0.05) is 0 Å². The first-order valence-corrected chi connectivity index (χ1v) is 4.61. The van der Waals surface area contributed by atoms with Crippen LogP contribution in [0.1, 0.15) is 13.8 Å². The van der Waals surface area contributed by atoms with Gasteiger partial charge in [-0.15, -0.1) is 0 Å². The van der Waals surface area contributed by atoms with E-state index in [2.05, 4.69) is 4.72 Å². The molecule has 0 rings (SSSR count). The van der Waals surface area contributed by atoms with Crippen LogP contribution >= 0.6 is 0 Å². The van der Waals surface area contributed by atoms with Crippen molar-refractivity contribution in [2.75, 3.05) is 0 Å². The molecule has 0 aliphatic heterocycles. The van der Waals surface area contributed by atoms with E-state index in [0.29, 0.717) is 0 Å². The highest BCUT2D eigenvalue weighted by Gasteiger charge is 2.05. The lowest BCUT2D eigenvalue weighted by molar-refractivity contribution is 0.579. The van der Waals surface area contributed by atoms with Crippen molar-refractivity contribution < 1.29 is 8.42 Å². The van der Waals surface area contributed by atoms with Gasteiger partial charge in [-0.25, -0.2) is 13.1 Å². The Morgan fingerprint density at radius 2 is 2.09 bits per heavy atom. The van der Waals surface area contributed by atoms with E-state index >= 15 is 0 Å². The van der Waals surface area contributed by atoms with E-state index in [4.69, 9.17) is 5.26 Å². The summed E-state index contributed by atoms with van der Waals surface area (Å²) in [4.78, 5) is 0. The van der Waals surface area contributed by atoms with Crippen LogP contribution in [0.5, 0.6) is 0 Å². The maximum Gasteiger partial charge on any atom is 0.234 e. The monoisotopic (exact) mass is 174 g/mol. The molecule has 0 spiro atoms. The van der Waals surface area contributed by atoms with Crippen LogP contribution in [0, 0.1) is 11.3 Å². The second kappa shape index (κ2) is 4.11. The van der Waals surface area contributed by atoms with E-state index < -0.39 is 10.0 Å². The van der Waals surface area contributed by atoms with Crippen molar-refractivity contribution in [2.45, 2.75) is 19.9 Å². The lowest BCUT2D eigenvalue weighted by Crippen LogP contribution is -2.28. The zero-order chi connectivity index (χ0) is 8.91. The maximum absolute atomic E-state index is 10.9. The van der Waals surface area contributed by atoms with E-state index in [9.17, 15) is 8.42 Å². The first-order chi connectivity index (χ1) is 4.98. The highest BCUT2D eigenvalue weighted by atomic mass is 32.2. The molecule has 0 fully saturated rings. The van der Waals surface area contributed by atoms with Gasteiger partial charge in [0, 0.05) is 12.1 Å². The van der Waals surface area contributed by atoms with Crippen LogP contribution < -0.4 is 4.72 Å². The molecule has 0 saturated carbocycles. The SMILES string of the molecule is CC(C)NS(=O)(=O)/C=C/C#N. The Hall–Kier alpha value is -0.860. The summed E-state index contributed by atoms with van der Waals surface area (Å²) in [6.07, 6.45) is 0.921. The zero-order valence-corrected chi connectivity index (χ0v) is 7.22. The summed E-state index contributed by atoms with van der Waals surface area (Å²) >= 11 is 0. The number of hydrogen-bond acceptors (Lipinski definition) is 3. The van der Waals surface area contributed by atoms with E-state index in [0.717, 1.165) is 11.5 Å². The predicted octanol–water partition coefficient (Wildman–Crippen LogP) is 0.351.